The lowest BCUT2D eigenvalue weighted by molar-refractivity contribution is -0.130. The van der Waals surface area contributed by atoms with Gasteiger partial charge in [0.05, 0.1) is 30.4 Å². The van der Waals surface area contributed by atoms with Crippen molar-refractivity contribution in [3.63, 3.8) is 0 Å². The number of nitrogens with zero attached hydrogens (tertiary/aromatic N) is 4. The highest BCUT2D eigenvalue weighted by Gasteiger charge is 2.38. The van der Waals surface area contributed by atoms with Gasteiger partial charge in [-0.15, -0.1) is 0 Å². The number of para-hydroxylation sites is 1. The molecule has 2 aliphatic rings. The number of rotatable bonds is 4. The Morgan fingerprint density at radius 2 is 2.00 bits per heavy atom. The van der Waals surface area contributed by atoms with Crippen molar-refractivity contribution in [1.82, 2.24) is 19.6 Å². The third-order valence-corrected chi connectivity index (χ3v) is 5.31. The van der Waals surface area contributed by atoms with Crippen LogP contribution in [0.4, 0.5) is 0 Å². The van der Waals surface area contributed by atoms with Crippen molar-refractivity contribution in [1.29, 1.82) is 0 Å². The lowest BCUT2D eigenvalue weighted by Crippen LogP contribution is -2.41. The maximum atomic E-state index is 12.5. The summed E-state index contributed by atoms with van der Waals surface area (Å²) in [5.41, 5.74) is 1.06. The Morgan fingerprint density at radius 1 is 1.21 bits per heavy atom. The van der Waals surface area contributed by atoms with E-state index in [0.29, 0.717) is 26.1 Å². The first-order chi connectivity index (χ1) is 11.7. The van der Waals surface area contributed by atoms with E-state index in [0.717, 1.165) is 24.0 Å². The first-order valence-corrected chi connectivity index (χ1v) is 8.83. The largest absolute Gasteiger partial charge is 0.390 e. The molecular formula is C18H24N4O2. The summed E-state index contributed by atoms with van der Waals surface area (Å²) in [7, 11) is 0. The second kappa shape index (κ2) is 6.53. The Kier molecular flexibility index (Phi) is 4.24. The average Bonchev–Trinajstić information content (AvgIpc) is 3.32. The average molecular weight is 328 g/mol. The number of fused-ring (bicyclic) bond motifs is 1. The molecule has 1 N–H and O–H groups in total. The van der Waals surface area contributed by atoms with E-state index in [1.54, 1.807) is 0 Å². The zero-order valence-electron chi connectivity index (χ0n) is 13.8. The summed E-state index contributed by atoms with van der Waals surface area (Å²) in [5.74, 6) is 0.107. The van der Waals surface area contributed by atoms with Crippen LogP contribution in [0.2, 0.25) is 0 Å². The number of amides is 1. The van der Waals surface area contributed by atoms with Crippen LogP contribution in [0.5, 0.6) is 0 Å². The van der Waals surface area contributed by atoms with Gasteiger partial charge < -0.3 is 10.0 Å². The van der Waals surface area contributed by atoms with Gasteiger partial charge in [0.1, 0.15) is 0 Å². The van der Waals surface area contributed by atoms with Gasteiger partial charge in [-0.25, -0.2) is 0 Å². The standard InChI is InChI=1S/C18H24N4O2/c23-17-13-21(12-16(17)20-8-3-4-9-20)18(24)7-10-22-15-6-2-1-5-14(15)11-19-22/h1-2,5-6,11,16-17,23H,3-4,7-10,12-13H2/t16-,17-/m1/s1. The van der Waals surface area contributed by atoms with Crippen LogP contribution in [0.25, 0.3) is 10.9 Å². The van der Waals surface area contributed by atoms with Crippen LogP contribution < -0.4 is 0 Å². The van der Waals surface area contributed by atoms with Crippen molar-refractivity contribution >= 4 is 16.8 Å². The molecule has 1 aromatic heterocycles. The molecule has 0 bridgehead atoms. The van der Waals surface area contributed by atoms with Crippen LogP contribution >= 0.6 is 0 Å². The lowest BCUT2D eigenvalue weighted by Gasteiger charge is -2.25. The number of benzene rings is 1. The predicted octanol–water partition coefficient (Wildman–Crippen LogP) is 1.09. The van der Waals surface area contributed by atoms with Gasteiger partial charge in [-0.1, -0.05) is 18.2 Å². The second-order valence-corrected chi connectivity index (χ2v) is 6.85. The van der Waals surface area contributed by atoms with Crippen molar-refractivity contribution in [3.05, 3.63) is 30.5 Å². The smallest absolute Gasteiger partial charge is 0.224 e. The molecule has 6 heteroatoms. The number of carbonyl (C=O) groups is 1. The highest BCUT2D eigenvalue weighted by Crippen LogP contribution is 2.22. The monoisotopic (exact) mass is 328 g/mol. The molecule has 24 heavy (non-hydrogen) atoms. The van der Waals surface area contributed by atoms with E-state index >= 15 is 0 Å². The van der Waals surface area contributed by atoms with E-state index in [2.05, 4.69) is 10.00 Å². The van der Waals surface area contributed by atoms with E-state index in [1.165, 1.54) is 12.8 Å². The molecule has 3 heterocycles. The quantitative estimate of drug-likeness (QED) is 0.913. The summed E-state index contributed by atoms with van der Waals surface area (Å²) in [6, 6.07) is 8.14. The molecule has 0 radical (unpaired) electrons. The maximum absolute atomic E-state index is 12.5. The molecule has 0 saturated carbocycles. The highest BCUT2D eigenvalue weighted by molar-refractivity contribution is 5.79. The van der Waals surface area contributed by atoms with E-state index in [9.17, 15) is 9.90 Å². The van der Waals surface area contributed by atoms with E-state index in [-0.39, 0.29) is 11.9 Å². The fourth-order valence-corrected chi connectivity index (χ4v) is 3.97. The summed E-state index contributed by atoms with van der Waals surface area (Å²) < 4.78 is 1.89. The number of hydrogen-bond acceptors (Lipinski definition) is 4. The third-order valence-electron chi connectivity index (χ3n) is 5.31. The topological polar surface area (TPSA) is 61.6 Å². The van der Waals surface area contributed by atoms with E-state index in [4.69, 9.17) is 0 Å². The summed E-state index contributed by atoms with van der Waals surface area (Å²) >= 11 is 0. The number of carbonyl (C=O) groups excluding carboxylic acids is 1. The number of aliphatic hydroxyl groups is 1. The molecular weight excluding hydrogens is 304 g/mol. The normalized spacial score (nSPS) is 25.0. The number of aliphatic hydroxyl groups excluding tert-OH is 1. The van der Waals surface area contributed by atoms with Gasteiger partial charge >= 0.3 is 0 Å². The van der Waals surface area contributed by atoms with Gasteiger partial charge in [-0.2, -0.15) is 5.10 Å². The summed E-state index contributed by atoms with van der Waals surface area (Å²) in [6.45, 7) is 3.78. The minimum Gasteiger partial charge on any atom is -0.390 e. The van der Waals surface area contributed by atoms with Crippen molar-refractivity contribution in [2.45, 2.75) is 38.0 Å². The third kappa shape index (κ3) is 2.91. The lowest BCUT2D eigenvalue weighted by atomic mass is 10.2. The first kappa shape index (κ1) is 15.6. The predicted molar refractivity (Wildman–Crippen MR) is 91.5 cm³/mol. The summed E-state index contributed by atoms with van der Waals surface area (Å²) in [6.07, 6.45) is 4.23. The SMILES string of the molecule is O=C(CCn1ncc2ccccc21)N1C[C@@H](O)[C@H](N2CCCC2)C1. The molecule has 0 unspecified atom stereocenters. The molecule has 2 fully saturated rings. The number of aromatic nitrogens is 2. The molecule has 0 spiro atoms. The zero-order chi connectivity index (χ0) is 16.5. The van der Waals surface area contributed by atoms with Gasteiger partial charge in [-0.3, -0.25) is 14.4 Å². The number of likely N-dealkylation sites (tertiary alicyclic amines) is 2. The molecule has 2 aliphatic heterocycles. The molecule has 4 rings (SSSR count). The highest BCUT2D eigenvalue weighted by atomic mass is 16.3. The molecule has 2 atom stereocenters. The fourth-order valence-electron chi connectivity index (χ4n) is 3.97. The molecule has 0 aliphatic carbocycles. The molecule has 6 nitrogen and oxygen atoms in total. The van der Waals surface area contributed by atoms with Gasteiger partial charge in [-0.05, 0) is 32.0 Å². The molecule has 2 aromatic rings. The summed E-state index contributed by atoms with van der Waals surface area (Å²) in [4.78, 5) is 16.7. The maximum Gasteiger partial charge on any atom is 0.224 e. The Hall–Kier alpha value is -1.92. The number of hydrogen-bond donors (Lipinski definition) is 1. The second-order valence-electron chi connectivity index (χ2n) is 6.85. The number of aryl methyl sites for hydroxylation is 1. The van der Waals surface area contributed by atoms with Gasteiger partial charge in [0.15, 0.2) is 0 Å². The van der Waals surface area contributed by atoms with Crippen LogP contribution in [0, 0.1) is 0 Å². The zero-order valence-corrected chi connectivity index (χ0v) is 13.8. The molecule has 2 saturated heterocycles. The van der Waals surface area contributed by atoms with Crippen LogP contribution in [-0.2, 0) is 11.3 Å². The van der Waals surface area contributed by atoms with Gasteiger partial charge in [0.2, 0.25) is 5.91 Å². The molecule has 1 aromatic carbocycles. The molecule has 1 amide bonds. The minimum atomic E-state index is -0.419. The minimum absolute atomic E-state index is 0.107. The Labute approximate surface area is 141 Å². The van der Waals surface area contributed by atoms with Crippen molar-refractivity contribution < 1.29 is 9.90 Å². The van der Waals surface area contributed by atoms with Crippen molar-refractivity contribution in [2.75, 3.05) is 26.2 Å². The van der Waals surface area contributed by atoms with Crippen molar-refractivity contribution in [3.8, 4) is 0 Å². The fraction of sp³-hybridized carbons (Fsp3) is 0.556. The van der Waals surface area contributed by atoms with Gasteiger partial charge in [0, 0.05) is 24.9 Å². The van der Waals surface area contributed by atoms with Crippen LogP contribution in [-0.4, -0.2) is 68.9 Å². The van der Waals surface area contributed by atoms with Crippen molar-refractivity contribution in [2.24, 2.45) is 0 Å². The van der Waals surface area contributed by atoms with Crippen LogP contribution in [0.1, 0.15) is 19.3 Å². The first-order valence-electron chi connectivity index (χ1n) is 8.83. The van der Waals surface area contributed by atoms with E-state index in [1.807, 2.05) is 40.0 Å². The Bertz CT molecular complexity index is 723. The van der Waals surface area contributed by atoms with Crippen LogP contribution in [0.15, 0.2) is 30.5 Å². The van der Waals surface area contributed by atoms with Crippen LogP contribution in [0.3, 0.4) is 0 Å². The van der Waals surface area contributed by atoms with Gasteiger partial charge in [0.25, 0.3) is 0 Å². The Balaban J connectivity index is 1.36. The summed E-state index contributed by atoms with van der Waals surface area (Å²) in [5, 5.41) is 15.8. The van der Waals surface area contributed by atoms with E-state index < -0.39 is 6.10 Å². The number of β-amino-alcohol motifs (C(OH)–C–C–N with tert-alkyl or cyclic N) is 1. The molecule has 128 valence electrons. The Morgan fingerprint density at radius 3 is 2.83 bits per heavy atom.